The Morgan fingerprint density at radius 3 is 2.72 bits per heavy atom. The number of rotatable bonds is 4. The van der Waals surface area contributed by atoms with Crippen LogP contribution in [0.3, 0.4) is 0 Å². The molecule has 0 unspecified atom stereocenters. The summed E-state index contributed by atoms with van der Waals surface area (Å²) in [7, 11) is 0. The molecule has 5 nitrogen and oxygen atoms in total. The van der Waals surface area contributed by atoms with Crippen molar-refractivity contribution in [1.29, 1.82) is 0 Å². The Balaban J connectivity index is 2.11. The molecule has 1 aliphatic carbocycles. The number of pyridine rings is 1. The smallest absolute Gasteiger partial charge is 0.305 e. The first-order valence-corrected chi connectivity index (χ1v) is 5.98. The lowest BCUT2D eigenvalue weighted by Crippen LogP contribution is -2.54. The van der Waals surface area contributed by atoms with Gasteiger partial charge in [0.15, 0.2) is 0 Å². The maximum atomic E-state index is 12.1. The molecule has 0 atom stereocenters. The Kier molecular flexibility index (Phi) is 3.32. The summed E-state index contributed by atoms with van der Waals surface area (Å²) in [5.74, 6) is -1.17. The summed E-state index contributed by atoms with van der Waals surface area (Å²) < 4.78 is 0. The summed E-state index contributed by atoms with van der Waals surface area (Å²) in [6.45, 7) is 1.81. The lowest BCUT2D eigenvalue weighted by Gasteiger charge is -2.41. The van der Waals surface area contributed by atoms with Crippen molar-refractivity contribution in [3.05, 3.63) is 29.6 Å². The molecule has 0 bridgehead atoms. The Morgan fingerprint density at radius 2 is 2.22 bits per heavy atom. The number of hydrogen-bond donors (Lipinski definition) is 2. The molecule has 96 valence electrons. The van der Waals surface area contributed by atoms with Gasteiger partial charge in [-0.1, -0.05) is 6.07 Å². The number of amides is 1. The zero-order valence-corrected chi connectivity index (χ0v) is 10.3. The van der Waals surface area contributed by atoms with Gasteiger partial charge >= 0.3 is 5.97 Å². The topological polar surface area (TPSA) is 79.3 Å². The molecular weight excluding hydrogens is 232 g/mol. The molecule has 0 aliphatic heterocycles. The van der Waals surface area contributed by atoms with Crippen LogP contribution in [0, 0.1) is 6.92 Å². The van der Waals surface area contributed by atoms with E-state index in [1.807, 2.05) is 13.0 Å². The molecule has 1 heterocycles. The fourth-order valence-electron chi connectivity index (χ4n) is 2.26. The first kappa shape index (κ1) is 12.5. The zero-order valence-electron chi connectivity index (χ0n) is 10.3. The highest BCUT2D eigenvalue weighted by Crippen LogP contribution is 2.35. The van der Waals surface area contributed by atoms with Crippen LogP contribution < -0.4 is 5.32 Å². The molecule has 0 saturated heterocycles. The standard InChI is InChI=1S/C13H16N2O3/c1-9-4-2-7-14-11(9)12(18)15-13(5-3-6-13)8-10(16)17/h2,4,7H,3,5-6,8H2,1H3,(H,15,18)(H,16,17). The normalized spacial score (nSPS) is 16.7. The third-order valence-electron chi connectivity index (χ3n) is 3.40. The van der Waals surface area contributed by atoms with Crippen LogP contribution in [0.4, 0.5) is 0 Å². The van der Waals surface area contributed by atoms with Crippen LogP contribution in [0.25, 0.3) is 0 Å². The zero-order chi connectivity index (χ0) is 13.2. The second kappa shape index (κ2) is 4.76. The maximum absolute atomic E-state index is 12.1. The van der Waals surface area contributed by atoms with Gasteiger partial charge in [0.1, 0.15) is 5.69 Å². The second-order valence-electron chi connectivity index (χ2n) is 4.83. The second-order valence-corrected chi connectivity index (χ2v) is 4.83. The van der Waals surface area contributed by atoms with Crippen LogP contribution >= 0.6 is 0 Å². The van der Waals surface area contributed by atoms with Gasteiger partial charge in [0, 0.05) is 6.20 Å². The van der Waals surface area contributed by atoms with Crippen molar-refractivity contribution in [2.24, 2.45) is 0 Å². The quantitative estimate of drug-likeness (QED) is 0.846. The van der Waals surface area contributed by atoms with Gasteiger partial charge in [-0.2, -0.15) is 0 Å². The minimum Gasteiger partial charge on any atom is -0.481 e. The molecule has 2 N–H and O–H groups in total. The van der Waals surface area contributed by atoms with E-state index in [1.165, 1.54) is 0 Å². The van der Waals surface area contributed by atoms with Crippen LogP contribution in [0.1, 0.15) is 41.7 Å². The van der Waals surface area contributed by atoms with Gasteiger partial charge < -0.3 is 10.4 Å². The van der Waals surface area contributed by atoms with Crippen molar-refractivity contribution >= 4 is 11.9 Å². The Morgan fingerprint density at radius 1 is 1.50 bits per heavy atom. The molecule has 18 heavy (non-hydrogen) atoms. The van der Waals surface area contributed by atoms with Crippen molar-refractivity contribution in [1.82, 2.24) is 10.3 Å². The van der Waals surface area contributed by atoms with Gasteiger partial charge in [-0.3, -0.25) is 14.6 Å². The summed E-state index contributed by atoms with van der Waals surface area (Å²) in [6.07, 6.45) is 3.93. The van der Waals surface area contributed by atoms with Crippen molar-refractivity contribution in [3.63, 3.8) is 0 Å². The summed E-state index contributed by atoms with van der Waals surface area (Å²) in [4.78, 5) is 27.0. The van der Waals surface area contributed by atoms with Gasteiger partial charge in [-0.25, -0.2) is 0 Å². The fourth-order valence-corrected chi connectivity index (χ4v) is 2.26. The monoisotopic (exact) mass is 248 g/mol. The molecule has 1 amide bonds. The highest BCUT2D eigenvalue weighted by Gasteiger charge is 2.40. The lowest BCUT2D eigenvalue weighted by molar-refractivity contribution is -0.139. The van der Waals surface area contributed by atoms with E-state index in [9.17, 15) is 9.59 Å². The van der Waals surface area contributed by atoms with Gasteiger partial charge in [-0.15, -0.1) is 0 Å². The molecule has 5 heteroatoms. The number of nitrogens with zero attached hydrogens (tertiary/aromatic N) is 1. The molecule has 1 aliphatic rings. The van der Waals surface area contributed by atoms with E-state index >= 15 is 0 Å². The highest BCUT2D eigenvalue weighted by atomic mass is 16.4. The Bertz CT molecular complexity index is 481. The maximum Gasteiger partial charge on any atom is 0.305 e. The van der Waals surface area contributed by atoms with E-state index in [2.05, 4.69) is 10.3 Å². The molecule has 0 spiro atoms. The van der Waals surface area contributed by atoms with E-state index in [-0.39, 0.29) is 12.3 Å². The van der Waals surface area contributed by atoms with Crippen LogP contribution in [0.15, 0.2) is 18.3 Å². The first-order chi connectivity index (χ1) is 8.52. The van der Waals surface area contributed by atoms with E-state index in [0.29, 0.717) is 5.69 Å². The molecule has 0 radical (unpaired) electrons. The van der Waals surface area contributed by atoms with Crippen LogP contribution in [0.5, 0.6) is 0 Å². The first-order valence-electron chi connectivity index (χ1n) is 5.98. The summed E-state index contributed by atoms with van der Waals surface area (Å²) in [6, 6.07) is 3.58. The molecule has 1 aromatic rings. The van der Waals surface area contributed by atoms with Crippen molar-refractivity contribution < 1.29 is 14.7 Å². The number of carboxylic acids is 1. The van der Waals surface area contributed by atoms with Gasteiger partial charge in [-0.05, 0) is 37.8 Å². The minimum atomic E-state index is -0.882. The van der Waals surface area contributed by atoms with Crippen LogP contribution in [-0.2, 0) is 4.79 Å². The summed E-state index contributed by atoms with van der Waals surface area (Å²) in [5.41, 5.74) is 0.585. The third kappa shape index (κ3) is 2.50. The van der Waals surface area contributed by atoms with E-state index < -0.39 is 11.5 Å². The number of carboxylic acid groups (broad SMARTS) is 1. The molecule has 1 aromatic heterocycles. The highest BCUT2D eigenvalue weighted by molar-refractivity contribution is 5.94. The Labute approximate surface area is 105 Å². The largest absolute Gasteiger partial charge is 0.481 e. The van der Waals surface area contributed by atoms with Crippen LogP contribution in [-0.4, -0.2) is 27.5 Å². The van der Waals surface area contributed by atoms with Gasteiger partial charge in [0.25, 0.3) is 5.91 Å². The third-order valence-corrected chi connectivity index (χ3v) is 3.40. The van der Waals surface area contributed by atoms with Gasteiger partial charge in [0.2, 0.25) is 0 Å². The van der Waals surface area contributed by atoms with E-state index in [1.54, 1.807) is 12.3 Å². The predicted molar refractivity (Wildman–Crippen MR) is 65.3 cm³/mol. The number of aromatic nitrogens is 1. The SMILES string of the molecule is Cc1cccnc1C(=O)NC1(CC(=O)O)CCC1. The van der Waals surface area contributed by atoms with Gasteiger partial charge in [0.05, 0.1) is 12.0 Å². The number of aliphatic carboxylic acids is 1. The molecule has 2 rings (SSSR count). The fraction of sp³-hybridized carbons (Fsp3) is 0.462. The van der Waals surface area contributed by atoms with Crippen molar-refractivity contribution in [3.8, 4) is 0 Å². The lowest BCUT2D eigenvalue weighted by atomic mass is 9.74. The average molecular weight is 248 g/mol. The number of aryl methyl sites for hydroxylation is 1. The number of carbonyl (C=O) groups is 2. The molecular formula is C13H16N2O3. The van der Waals surface area contributed by atoms with E-state index in [0.717, 1.165) is 24.8 Å². The van der Waals surface area contributed by atoms with Crippen molar-refractivity contribution in [2.75, 3.05) is 0 Å². The molecule has 0 aromatic carbocycles. The summed E-state index contributed by atoms with van der Waals surface area (Å²) in [5, 5.41) is 11.7. The molecule has 1 fully saturated rings. The van der Waals surface area contributed by atoms with E-state index in [4.69, 9.17) is 5.11 Å². The number of hydrogen-bond acceptors (Lipinski definition) is 3. The minimum absolute atomic E-state index is 0.0232. The predicted octanol–water partition coefficient (Wildman–Crippen LogP) is 1.52. The average Bonchev–Trinajstić information content (AvgIpc) is 2.25. The summed E-state index contributed by atoms with van der Waals surface area (Å²) >= 11 is 0. The number of carbonyl (C=O) groups excluding carboxylic acids is 1. The number of nitrogens with one attached hydrogen (secondary N) is 1. The molecule has 1 saturated carbocycles. The van der Waals surface area contributed by atoms with Crippen LogP contribution in [0.2, 0.25) is 0 Å². The van der Waals surface area contributed by atoms with Crippen molar-refractivity contribution in [2.45, 2.75) is 38.1 Å². The Hall–Kier alpha value is -1.91.